The standard InChI is InChI=1S/C27H44O4/c1-4-6-20-7-9-21(10-8-20)22-11-13-23(14-12-22)24-15-16-25(27(29)30-17-5-2)26(18-24)31-19(3)28/h20-24H,4-18H2,1-3H3. The molecule has 31 heavy (non-hydrogen) atoms. The lowest BCUT2D eigenvalue weighted by molar-refractivity contribution is -0.141. The fourth-order valence-electron chi connectivity index (χ4n) is 6.55. The molecule has 0 aliphatic heterocycles. The Morgan fingerprint density at radius 3 is 1.94 bits per heavy atom. The number of carbonyl (C=O) groups excluding carboxylic acids is 2. The van der Waals surface area contributed by atoms with Crippen molar-refractivity contribution in [1.29, 1.82) is 0 Å². The van der Waals surface area contributed by atoms with Crippen molar-refractivity contribution in [3.05, 3.63) is 11.3 Å². The summed E-state index contributed by atoms with van der Waals surface area (Å²) >= 11 is 0. The first-order valence-corrected chi connectivity index (χ1v) is 13.1. The molecular weight excluding hydrogens is 388 g/mol. The molecule has 0 amide bonds. The van der Waals surface area contributed by atoms with Gasteiger partial charge < -0.3 is 9.47 Å². The van der Waals surface area contributed by atoms with E-state index in [1.165, 1.54) is 71.1 Å². The monoisotopic (exact) mass is 432 g/mol. The molecule has 4 heteroatoms. The van der Waals surface area contributed by atoms with Gasteiger partial charge in [0, 0.05) is 13.3 Å². The Morgan fingerprint density at radius 2 is 1.39 bits per heavy atom. The number of rotatable bonds is 8. The third-order valence-electron chi connectivity index (χ3n) is 8.24. The SMILES string of the molecule is CCCOC(=O)C1=C(OC(C)=O)CC(C2CCC(C3CCC(CCC)CC3)CC2)CC1. The first-order chi connectivity index (χ1) is 15.0. The molecule has 176 valence electrons. The van der Waals surface area contributed by atoms with Gasteiger partial charge in [0.25, 0.3) is 0 Å². The van der Waals surface area contributed by atoms with Gasteiger partial charge in [-0.3, -0.25) is 4.79 Å². The van der Waals surface area contributed by atoms with Crippen molar-refractivity contribution in [2.24, 2.45) is 29.6 Å². The molecule has 1 unspecified atom stereocenters. The predicted molar refractivity (Wildman–Crippen MR) is 123 cm³/mol. The molecule has 2 fully saturated rings. The van der Waals surface area contributed by atoms with Crippen LogP contribution in [0, 0.1) is 29.6 Å². The first kappa shape index (κ1) is 24.3. The summed E-state index contributed by atoms with van der Waals surface area (Å²) in [5, 5.41) is 0. The summed E-state index contributed by atoms with van der Waals surface area (Å²) < 4.78 is 10.9. The minimum atomic E-state index is -0.334. The smallest absolute Gasteiger partial charge is 0.337 e. The van der Waals surface area contributed by atoms with Gasteiger partial charge in [-0.25, -0.2) is 4.79 Å². The van der Waals surface area contributed by atoms with Crippen LogP contribution in [0.1, 0.15) is 111 Å². The summed E-state index contributed by atoms with van der Waals surface area (Å²) in [5.41, 5.74) is 0.595. The normalized spacial score (nSPS) is 31.9. The summed E-state index contributed by atoms with van der Waals surface area (Å²) in [4.78, 5) is 24.1. The molecular formula is C27H44O4. The molecule has 3 aliphatic rings. The second-order valence-electron chi connectivity index (χ2n) is 10.4. The molecule has 0 N–H and O–H groups in total. The highest BCUT2D eigenvalue weighted by Gasteiger charge is 2.36. The maximum absolute atomic E-state index is 12.4. The third-order valence-corrected chi connectivity index (χ3v) is 8.24. The zero-order valence-electron chi connectivity index (χ0n) is 20.1. The highest BCUT2D eigenvalue weighted by molar-refractivity contribution is 5.89. The van der Waals surface area contributed by atoms with Crippen LogP contribution in [0.25, 0.3) is 0 Å². The predicted octanol–water partition coefficient (Wildman–Crippen LogP) is 6.97. The first-order valence-electron chi connectivity index (χ1n) is 13.1. The van der Waals surface area contributed by atoms with Crippen LogP contribution in [0.15, 0.2) is 11.3 Å². The van der Waals surface area contributed by atoms with Gasteiger partial charge in [-0.2, -0.15) is 0 Å². The largest absolute Gasteiger partial charge is 0.462 e. The molecule has 3 aliphatic carbocycles. The van der Waals surface area contributed by atoms with Crippen molar-refractivity contribution < 1.29 is 19.1 Å². The Labute approximate surface area is 189 Å². The van der Waals surface area contributed by atoms with Gasteiger partial charge in [0.2, 0.25) is 0 Å². The molecule has 1 atom stereocenters. The van der Waals surface area contributed by atoms with E-state index in [2.05, 4.69) is 6.92 Å². The number of allylic oxidation sites excluding steroid dienone is 1. The molecule has 0 heterocycles. The Kier molecular flexibility index (Phi) is 9.47. The molecule has 4 nitrogen and oxygen atoms in total. The molecule has 0 aromatic carbocycles. The molecule has 0 aromatic heterocycles. The Bertz CT molecular complexity index is 621. The van der Waals surface area contributed by atoms with Crippen LogP contribution in [0.3, 0.4) is 0 Å². The van der Waals surface area contributed by atoms with Gasteiger partial charge in [-0.05, 0) is 87.4 Å². The van der Waals surface area contributed by atoms with Crippen LogP contribution in [0.4, 0.5) is 0 Å². The van der Waals surface area contributed by atoms with Crippen molar-refractivity contribution in [1.82, 2.24) is 0 Å². The average molecular weight is 433 g/mol. The zero-order chi connectivity index (χ0) is 22.2. The molecule has 2 saturated carbocycles. The maximum Gasteiger partial charge on any atom is 0.337 e. The average Bonchev–Trinajstić information content (AvgIpc) is 2.78. The summed E-state index contributed by atoms with van der Waals surface area (Å²) in [5.74, 6) is 4.05. The third kappa shape index (κ3) is 6.83. The summed E-state index contributed by atoms with van der Waals surface area (Å²) in [7, 11) is 0. The van der Waals surface area contributed by atoms with Crippen LogP contribution in [0.5, 0.6) is 0 Å². The number of carbonyl (C=O) groups is 2. The number of esters is 2. The van der Waals surface area contributed by atoms with E-state index in [0.717, 1.165) is 30.6 Å². The van der Waals surface area contributed by atoms with E-state index >= 15 is 0 Å². The second-order valence-corrected chi connectivity index (χ2v) is 10.4. The highest BCUT2D eigenvalue weighted by Crippen LogP contribution is 2.46. The maximum atomic E-state index is 12.4. The van der Waals surface area contributed by atoms with Crippen LogP contribution in [-0.4, -0.2) is 18.5 Å². The van der Waals surface area contributed by atoms with Crippen molar-refractivity contribution in [3.63, 3.8) is 0 Å². The van der Waals surface area contributed by atoms with E-state index in [-0.39, 0.29) is 11.9 Å². The minimum Gasteiger partial charge on any atom is -0.462 e. The minimum absolute atomic E-state index is 0.293. The molecule has 0 aromatic rings. The number of hydrogen-bond acceptors (Lipinski definition) is 4. The van der Waals surface area contributed by atoms with Crippen molar-refractivity contribution in [2.75, 3.05) is 6.61 Å². The number of ether oxygens (including phenoxy) is 2. The highest BCUT2D eigenvalue weighted by atomic mass is 16.5. The lowest BCUT2D eigenvalue weighted by Gasteiger charge is -2.40. The van der Waals surface area contributed by atoms with Crippen molar-refractivity contribution >= 4 is 11.9 Å². The van der Waals surface area contributed by atoms with Crippen molar-refractivity contribution in [3.8, 4) is 0 Å². The van der Waals surface area contributed by atoms with Gasteiger partial charge in [-0.1, -0.05) is 39.5 Å². The van der Waals surface area contributed by atoms with Gasteiger partial charge in [0.1, 0.15) is 5.76 Å². The molecule has 0 spiro atoms. The van der Waals surface area contributed by atoms with Crippen LogP contribution in [-0.2, 0) is 19.1 Å². The van der Waals surface area contributed by atoms with Gasteiger partial charge in [0.15, 0.2) is 0 Å². The van der Waals surface area contributed by atoms with E-state index in [9.17, 15) is 9.59 Å². The molecule has 0 radical (unpaired) electrons. The van der Waals surface area contributed by atoms with Gasteiger partial charge >= 0.3 is 11.9 Å². The fourth-order valence-corrected chi connectivity index (χ4v) is 6.55. The Morgan fingerprint density at radius 1 is 0.806 bits per heavy atom. The van der Waals surface area contributed by atoms with Crippen LogP contribution >= 0.6 is 0 Å². The van der Waals surface area contributed by atoms with Gasteiger partial charge in [0.05, 0.1) is 12.2 Å². The van der Waals surface area contributed by atoms with Crippen LogP contribution < -0.4 is 0 Å². The Balaban J connectivity index is 1.52. The van der Waals surface area contributed by atoms with Crippen LogP contribution in [0.2, 0.25) is 0 Å². The summed E-state index contributed by atoms with van der Waals surface area (Å²) in [6.07, 6.45) is 17.1. The summed E-state index contributed by atoms with van der Waals surface area (Å²) in [6.45, 7) is 6.14. The van der Waals surface area contributed by atoms with E-state index in [1.54, 1.807) is 0 Å². The summed E-state index contributed by atoms with van der Waals surface area (Å²) in [6, 6.07) is 0. The molecule has 0 saturated heterocycles. The molecule has 0 bridgehead atoms. The van der Waals surface area contributed by atoms with E-state index < -0.39 is 0 Å². The van der Waals surface area contributed by atoms with Crippen molar-refractivity contribution in [2.45, 2.75) is 111 Å². The van der Waals surface area contributed by atoms with E-state index in [1.807, 2.05) is 6.92 Å². The van der Waals surface area contributed by atoms with E-state index in [4.69, 9.17) is 9.47 Å². The van der Waals surface area contributed by atoms with E-state index in [0.29, 0.717) is 42.6 Å². The van der Waals surface area contributed by atoms with Gasteiger partial charge in [-0.15, -0.1) is 0 Å². The second kappa shape index (κ2) is 12.1. The molecule has 3 rings (SSSR count). The zero-order valence-corrected chi connectivity index (χ0v) is 20.1. The number of hydrogen-bond donors (Lipinski definition) is 0. The Hall–Kier alpha value is -1.32. The lowest BCUT2D eigenvalue weighted by Crippen LogP contribution is -2.30. The quantitative estimate of drug-likeness (QED) is 0.389. The lowest BCUT2D eigenvalue weighted by atomic mass is 9.65. The topological polar surface area (TPSA) is 52.6 Å². The fraction of sp³-hybridized carbons (Fsp3) is 0.852.